The molecule has 1 aromatic rings. The van der Waals surface area contributed by atoms with Gasteiger partial charge >= 0.3 is 0 Å². The third-order valence-electron chi connectivity index (χ3n) is 3.77. The van der Waals surface area contributed by atoms with E-state index in [1.54, 1.807) is 14.2 Å². The number of methoxy groups -OCH3 is 2. The highest BCUT2D eigenvalue weighted by molar-refractivity contribution is 5.47. The molecule has 4 nitrogen and oxygen atoms in total. The Kier molecular flexibility index (Phi) is 4.32. The molecular weight excluding hydrogens is 244 g/mol. The molecule has 1 aliphatic heterocycles. The quantitative estimate of drug-likeness (QED) is 0.909. The molecule has 0 bridgehead atoms. The Labute approximate surface area is 114 Å². The molecule has 0 radical (unpaired) electrons. The third kappa shape index (κ3) is 2.85. The molecule has 1 saturated heterocycles. The van der Waals surface area contributed by atoms with Gasteiger partial charge in [-0.2, -0.15) is 0 Å². The van der Waals surface area contributed by atoms with Crippen molar-refractivity contribution in [1.29, 1.82) is 0 Å². The minimum absolute atomic E-state index is 0.145. The molecule has 0 spiro atoms. The summed E-state index contributed by atoms with van der Waals surface area (Å²) in [5, 5.41) is 10.5. The molecule has 1 fully saturated rings. The molecule has 19 heavy (non-hydrogen) atoms. The van der Waals surface area contributed by atoms with Gasteiger partial charge in [0.05, 0.1) is 33.0 Å². The van der Waals surface area contributed by atoms with Crippen LogP contribution in [0.3, 0.4) is 0 Å². The van der Waals surface area contributed by atoms with E-state index in [2.05, 4.69) is 0 Å². The summed E-state index contributed by atoms with van der Waals surface area (Å²) in [6.07, 6.45) is 0.583. The van der Waals surface area contributed by atoms with Crippen molar-refractivity contribution in [3.8, 4) is 11.5 Å². The lowest BCUT2D eigenvalue weighted by atomic mass is 9.91. The molecule has 1 heterocycles. The summed E-state index contributed by atoms with van der Waals surface area (Å²) in [5.41, 5.74) is 1.89. The zero-order valence-corrected chi connectivity index (χ0v) is 12.0. The SMILES string of the molecule is COc1cc(C)c(C(O)C2COC(C)C2)cc1OC. The van der Waals surface area contributed by atoms with Crippen molar-refractivity contribution in [2.75, 3.05) is 20.8 Å². The van der Waals surface area contributed by atoms with Crippen LogP contribution in [0.2, 0.25) is 0 Å². The van der Waals surface area contributed by atoms with Gasteiger partial charge in [-0.25, -0.2) is 0 Å². The van der Waals surface area contributed by atoms with E-state index in [-0.39, 0.29) is 12.0 Å². The van der Waals surface area contributed by atoms with Crippen LogP contribution in [0, 0.1) is 12.8 Å². The fourth-order valence-corrected chi connectivity index (χ4v) is 2.64. The molecule has 0 amide bonds. The fourth-order valence-electron chi connectivity index (χ4n) is 2.64. The van der Waals surface area contributed by atoms with Crippen LogP contribution in [0.4, 0.5) is 0 Å². The van der Waals surface area contributed by atoms with Crippen LogP contribution in [0.25, 0.3) is 0 Å². The Morgan fingerprint density at radius 1 is 1.26 bits per heavy atom. The van der Waals surface area contributed by atoms with E-state index in [1.807, 2.05) is 26.0 Å². The highest BCUT2D eigenvalue weighted by atomic mass is 16.5. The molecular formula is C15H22O4. The summed E-state index contributed by atoms with van der Waals surface area (Å²) in [4.78, 5) is 0. The van der Waals surface area contributed by atoms with Crippen LogP contribution in [-0.4, -0.2) is 32.0 Å². The van der Waals surface area contributed by atoms with E-state index < -0.39 is 6.10 Å². The minimum atomic E-state index is -0.523. The second-order valence-corrected chi connectivity index (χ2v) is 5.15. The summed E-state index contributed by atoms with van der Waals surface area (Å²) in [6, 6.07) is 3.76. The van der Waals surface area contributed by atoms with Crippen LogP contribution >= 0.6 is 0 Å². The van der Waals surface area contributed by atoms with Gasteiger partial charge < -0.3 is 19.3 Å². The maximum Gasteiger partial charge on any atom is 0.161 e. The zero-order valence-electron chi connectivity index (χ0n) is 12.0. The number of hydrogen-bond acceptors (Lipinski definition) is 4. The van der Waals surface area contributed by atoms with Gasteiger partial charge in [0.1, 0.15) is 0 Å². The third-order valence-corrected chi connectivity index (χ3v) is 3.77. The van der Waals surface area contributed by atoms with Crippen molar-refractivity contribution in [3.63, 3.8) is 0 Å². The van der Waals surface area contributed by atoms with Gasteiger partial charge in [0.15, 0.2) is 11.5 Å². The first-order valence-electron chi connectivity index (χ1n) is 6.59. The standard InChI is InChI=1S/C15H22O4/c1-9-5-13(17-3)14(18-4)7-12(9)15(16)11-6-10(2)19-8-11/h5,7,10-11,15-16H,6,8H2,1-4H3. The molecule has 1 N–H and O–H groups in total. The maximum absolute atomic E-state index is 10.5. The Morgan fingerprint density at radius 2 is 1.89 bits per heavy atom. The molecule has 1 aliphatic rings. The van der Waals surface area contributed by atoms with Crippen LogP contribution in [0.15, 0.2) is 12.1 Å². The monoisotopic (exact) mass is 266 g/mol. The number of rotatable bonds is 4. The van der Waals surface area contributed by atoms with Crippen molar-refractivity contribution >= 4 is 0 Å². The summed E-state index contributed by atoms with van der Waals surface area (Å²) in [7, 11) is 3.21. The van der Waals surface area contributed by atoms with Gasteiger partial charge in [0, 0.05) is 5.92 Å². The molecule has 106 valence electrons. The molecule has 0 aromatic heterocycles. The molecule has 2 rings (SSSR count). The van der Waals surface area contributed by atoms with Crippen LogP contribution in [0.5, 0.6) is 11.5 Å². The lowest BCUT2D eigenvalue weighted by molar-refractivity contribution is 0.0799. The van der Waals surface area contributed by atoms with Gasteiger partial charge in [0.2, 0.25) is 0 Å². The Morgan fingerprint density at radius 3 is 2.42 bits per heavy atom. The Balaban J connectivity index is 2.28. The van der Waals surface area contributed by atoms with Crippen LogP contribution < -0.4 is 9.47 Å². The first kappa shape index (κ1) is 14.2. The highest BCUT2D eigenvalue weighted by Crippen LogP contribution is 2.38. The van der Waals surface area contributed by atoms with Gasteiger partial charge in [-0.1, -0.05) is 0 Å². The molecule has 1 aromatic carbocycles. The first-order valence-corrected chi connectivity index (χ1v) is 6.59. The van der Waals surface area contributed by atoms with Crippen molar-refractivity contribution in [2.24, 2.45) is 5.92 Å². The van der Waals surface area contributed by atoms with Gasteiger partial charge in [0.25, 0.3) is 0 Å². The van der Waals surface area contributed by atoms with Gasteiger partial charge in [-0.15, -0.1) is 0 Å². The second-order valence-electron chi connectivity index (χ2n) is 5.15. The first-order chi connectivity index (χ1) is 9.06. The topological polar surface area (TPSA) is 47.9 Å². The second kappa shape index (κ2) is 5.80. The molecule has 4 heteroatoms. The Bertz CT molecular complexity index is 444. The molecule has 0 saturated carbocycles. The fraction of sp³-hybridized carbons (Fsp3) is 0.600. The largest absolute Gasteiger partial charge is 0.493 e. The number of ether oxygens (including phenoxy) is 3. The van der Waals surface area contributed by atoms with Crippen molar-refractivity contribution in [3.05, 3.63) is 23.3 Å². The number of hydrogen-bond donors (Lipinski definition) is 1. The number of aliphatic hydroxyl groups is 1. The van der Waals surface area contributed by atoms with Crippen LogP contribution in [0.1, 0.15) is 30.6 Å². The van der Waals surface area contributed by atoms with Gasteiger partial charge in [-0.3, -0.25) is 0 Å². The lowest BCUT2D eigenvalue weighted by Gasteiger charge is -2.21. The predicted octanol–water partition coefficient (Wildman–Crippen LogP) is 2.47. The van der Waals surface area contributed by atoms with E-state index in [0.717, 1.165) is 17.5 Å². The van der Waals surface area contributed by atoms with E-state index >= 15 is 0 Å². The summed E-state index contributed by atoms with van der Waals surface area (Å²) >= 11 is 0. The van der Waals surface area contributed by atoms with Crippen molar-refractivity contribution in [2.45, 2.75) is 32.5 Å². The van der Waals surface area contributed by atoms with Gasteiger partial charge in [-0.05, 0) is 43.5 Å². The maximum atomic E-state index is 10.5. The normalized spacial score (nSPS) is 24.3. The van der Waals surface area contributed by atoms with E-state index in [4.69, 9.17) is 14.2 Å². The van der Waals surface area contributed by atoms with Crippen LogP contribution in [-0.2, 0) is 4.74 Å². The minimum Gasteiger partial charge on any atom is -0.493 e. The molecule has 0 aliphatic carbocycles. The summed E-state index contributed by atoms with van der Waals surface area (Å²) < 4.78 is 16.1. The van der Waals surface area contributed by atoms with E-state index in [0.29, 0.717) is 18.1 Å². The summed E-state index contributed by atoms with van der Waals surface area (Å²) in [5.74, 6) is 1.48. The lowest BCUT2D eigenvalue weighted by Crippen LogP contribution is -2.14. The van der Waals surface area contributed by atoms with E-state index in [9.17, 15) is 5.11 Å². The average molecular weight is 266 g/mol. The summed E-state index contributed by atoms with van der Waals surface area (Å²) in [6.45, 7) is 4.62. The average Bonchev–Trinajstić information content (AvgIpc) is 2.84. The smallest absolute Gasteiger partial charge is 0.161 e. The number of benzene rings is 1. The predicted molar refractivity (Wildman–Crippen MR) is 72.8 cm³/mol. The Hall–Kier alpha value is -1.26. The molecule has 3 atom stereocenters. The van der Waals surface area contributed by atoms with Crippen molar-refractivity contribution < 1.29 is 19.3 Å². The number of aliphatic hydroxyl groups excluding tert-OH is 1. The highest BCUT2D eigenvalue weighted by Gasteiger charge is 2.30. The van der Waals surface area contributed by atoms with Crippen molar-refractivity contribution in [1.82, 2.24) is 0 Å². The van der Waals surface area contributed by atoms with E-state index in [1.165, 1.54) is 0 Å². The molecule has 3 unspecified atom stereocenters. The zero-order chi connectivity index (χ0) is 14.0. The number of aryl methyl sites for hydroxylation is 1.